The maximum atomic E-state index is 12.1. The highest BCUT2D eigenvalue weighted by Crippen LogP contribution is 2.46. The molecule has 6 nitrogen and oxygen atoms in total. The van der Waals surface area contributed by atoms with Gasteiger partial charge in [0, 0.05) is 13.0 Å². The molecular formula is C21H37NO5S. The third-order valence-corrected chi connectivity index (χ3v) is 7.46. The number of nitrogens with one attached hydrogen (secondary N) is 1. The lowest BCUT2D eigenvalue weighted by atomic mass is 9.76. The Hall–Kier alpha value is -0.920. The molecule has 0 aromatic carbocycles. The van der Waals surface area contributed by atoms with Crippen LogP contribution in [0.3, 0.4) is 0 Å². The Balaban J connectivity index is 1.71. The molecule has 7 heteroatoms. The van der Waals surface area contributed by atoms with E-state index in [0.29, 0.717) is 30.9 Å². The summed E-state index contributed by atoms with van der Waals surface area (Å²) in [4.78, 5) is 10.5. The quantitative estimate of drug-likeness (QED) is 0.313. The number of sulfonamides is 1. The lowest BCUT2D eigenvalue weighted by Gasteiger charge is -2.27. The number of carboxylic acids is 1. The zero-order valence-electron chi connectivity index (χ0n) is 17.1. The molecular weight excluding hydrogens is 378 g/mol. The highest BCUT2D eigenvalue weighted by atomic mass is 32.2. The van der Waals surface area contributed by atoms with Crippen molar-refractivity contribution in [3.8, 4) is 0 Å². The second-order valence-corrected chi connectivity index (χ2v) is 10.1. The average Bonchev–Trinajstić information content (AvgIpc) is 3.23. The van der Waals surface area contributed by atoms with Crippen molar-refractivity contribution in [2.75, 3.05) is 12.3 Å². The topological polar surface area (TPSA) is 92.7 Å². The molecule has 0 aromatic heterocycles. The Morgan fingerprint density at radius 2 is 1.86 bits per heavy atom. The predicted molar refractivity (Wildman–Crippen MR) is 111 cm³/mol. The van der Waals surface area contributed by atoms with Crippen LogP contribution in [0.2, 0.25) is 0 Å². The van der Waals surface area contributed by atoms with Gasteiger partial charge in [0.2, 0.25) is 10.0 Å². The van der Waals surface area contributed by atoms with Gasteiger partial charge in [-0.25, -0.2) is 13.1 Å². The van der Waals surface area contributed by atoms with Crippen LogP contribution in [0.1, 0.15) is 77.6 Å². The van der Waals surface area contributed by atoms with E-state index in [2.05, 4.69) is 23.8 Å². The van der Waals surface area contributed by atoms with Crippen molar-refractivity contribution in [3.63, 3.8) is 0 Å². The van der Waals surface area contributed by atoms with Gasteiger partial charge in [0.05, 0.1) is 18.0 Å². The molecule has 0 spiro atoms. The van der Waals surface area contributed by atoms with E-state index < -0.39 is 16.0 Å². The highest BCUT2D eigenvalue weighted by molar-refractivity contribution is 7.89. The van der Waals surface area contributed by atoms with E-state index in [1.807, 2.05) is 0 Å². The first-order valence-corrected chi connectivity index (χ1v) is 12.6. The first kappa shape index (κ1) is 23.4. The number of fused-ring (bicyclic) bond motifs is 2. The van der Waals surface area contributed by atoms with Crippen LogP contribution in [0, 0.1) is 11.8 Å². The molecule has 2 bridgehead atoms. The van der Waals surface area contributed by atoms with Crippen molar-refractivity contribution in [2.24, 2.45) is 11.8 Å². The molecule has 2 heterocycles. The van der Waals surface area contributed by atoms with E-state index in [4.69, 9.17) is 9.84 Å². The van der Waals surface area contributed by atoms with Crippen molar-refractivity contribution in [2.45, 2.75) is 89.8 Å². The maximum Gasteiger partial charge on any atom is 0.303 e. The standard InChI is InChI=1S/C21H37NO5S/c1-2-3-4-9-16-28(25,26)22-15-14-18-17(19-12-13-20(18)27-19)10-7-5-6-8-11-21(23)24/h5,7,17-20,22H,2-4,6,8-16H2,1H3,(H,23,24)/b7-5-/t17-,18+,19-,20+/m1/s1. The van der Waals surface area contributed by atoms with Crippen LogP contribution >= 0.6 is 0 Å². The third-order valence-electron chi connectivity index (χ3n) is 5.99. The number of hydrogen-bond donors (Lipinski definition) is 2. The first-order valence-electron chi connectivity index (χ1n) is 10.9. The molecule has 28 heavy (non-hydrogen) atoms. The minimum atomic E-state index is -3.17. The molecule has 0 radical (unpaired) electrons. The molecule has 2 aliphatic rings. The zero-order chi connectivity index (χ0) is 20.4. The molecule has 2 saturated heterocycles. The van der Waals surface area contributed by atoms with Crippen molar-refractivity contribution in [1.29, 1.82) is 0 Å². The Morgan fingerprint density at radius 1 is 1.11 bits per heavy atom. The summed E-state index contributed by atoms with van der Waals surface area (Å²) in [7, 11) is -3.17. The van der Waals surface area contributed by atoms with Crippen LogP contribution in [0.25, 0.3) is 0 Å². The third kappa shape index (κ3) is 7.84. The number of hydrogen-bond acceptors (Lipinski definition) is 4. The highest BCUT2D eigenvalue weighted by Gasteiger charge is 2.47. The fourth-order valence-corrected chi connectivity index (χ4v) is 5.67. The van der Waals surface area contributed by atoms with E-state index in [0.717, 1.165) is 57.8 Å². The minimum absolute atomic E-state index is 0.211. The smallest absolute Gasteiger partial charge is 0.303 e. The largest absolute Gasteiger partial charge is 0.481 e. The van der Waals surface area contributed by atoms with Crippen LogP contribution in [-0.2, 0) is 19.6 Å². The molecule has 2 rings (SSSR count). The second-order valence-electron chi connectivity index (χ2n) is 8.17. The number of rotatable bonds is 15. The summed E-state index contributed by atoms with van der Waals surface area (Å²) in [5, 5.41) is 8.67. The van der Waals surface area contributed by atoms with Gasteiger partial charge in [0.25, 0.3) is 0 Å². The van der Waals surface area contributed by atoms with Crippen molar-refractivity contribution in [3.05, 3.63) is 12.2 Å². The second kappa shape index (κ2) is 11.9. The number of allylic oxidation sites excluding steroid dienone is 2. The average molecular weight is 416 g/mol. The number of unbranched alkanes of at least 4 members (excludes halogenated alkanes) is 4. The van der Waals surface area contributed by atoms with Gasteiger partial charge in [-0.3, -0.25) is 4.79 Å². The maximum absolute atomic E-state index is 12.1. The zero-order valence-corrected chi connectivity index (χ0v) is 18.0. The number of ether oxygens (including phenoxy) is 1. The van der Waals surface area contributed by atoms with Crippen LogP contribution in [0.15, 0.2) is 12.2 Å². The molecule has 162 valence electrons. The molecule has 0 unspecified atom stereocenters. The molecule has 0 amide bonds. The Bertz CT molecular complexity index is 604. The van der Waals surface area contributed by atoms with Gasteiger partial charge in [0.15, 0.2) is 0 Å². The van der Waals surface area contributed by atoms with Gasteiger partial charge < -0.3 is 9.84 Å². The van der Waals surface area contributed by atoms with Gasteiger partial charge in [-0.1, -0.05) is 38.3 Å². The number of carbonyl (C=O) groups is 1. The van der Waals surface area contributed by atoms with Crippen molar-refractivity contribution < 1.29 is 23.1 Å². The summed E-state index contributed by atoms with van der Waals surface area (Å²) >= 11 is 0. The Morgan fingerprint density at radius 3 is 2.57 bits per heavy atom. The Labute approximate surface area is 170 Å². The Kier molecular flexibility index (Phi) is 9.95. The van der Waals surface area contributed by atoms with Gasteiger partial charge in [-0.2, -0.15) is 0 Å². The fraction of sp³-hybridized carbons (Fsp3) is 0.857. The summed E-state index contributed by atoms with van der Waals surface area (Å²) in [6.07, 6.45) is 14.3. The van der Waals surface area contributed by atoms with Gasteiger partial charge in [0.1, 0.15) is 0 Å². The van der Waals surface area contributed by atoms with Crippen LogP contribution in [0.4, 0.5) is 0 Å². The van der Waals surface area contributed by atoms with Gasteiger partial charge in [-0.15, -0.1) is 0 Å². The monoisotopic (exact) mass is 415 g/mol. The van der Waals surface area contributed by atoms with Gasteiger partial charge in [-0.05, 0) is 56.8 Å². The normalized spacial score (nSPS) is 27.0. The lowest BCUT2D eigenvalue weighted by molar-refractivity contribution is -0.137. The van der Waals surface area contributed by atoms with Crippen LogP contribution in [0.5, 0.6) is 0 Å². The summed E-state index contributed by atoms with van der Waals surface area (Å²) in [6.45, 7) is 2.61. The minimum Gasteiger partial charge on any atom is -0.481 e. The fourth-order valence-electron chi connectivity index (χ4n) is 4.51. The van der Waals surface area contributed by atoms with E-state index in [1.165, 1.54) is 0 Å². The molecule has 0 aromatic rings. The molecule has 0 saturated carbocycles. The lowest BCUT2D eigenvalue weighted by Crippen LogP contribution is -2.33. The number of carboxylic acid groups (broad SMARTS) is 1. The van der Waals surface area contributed by atoms with E-state index >= 15 is 0 Å². The predicted octanol–water partition coefficient (Wildman–Crippen LogP) is 3.87. The summed E-state index contributed by atoms with van der Waals surface area (Å²) in [5.74, 6) is 0.333. The summed E-state index contributed by atoms with van der Waals surface area (Å²) in [6, 6.07) is 0. The SMILES string of the molecule is CCCCCCS(=O)(=O)NCC[C@H]1[C@@H](C/C=C\CCCC(=O)O)[C@H]2CC[C@@H]1O2. The van der Waals surface area contributed by atoms with Crippen LogP contribution < -0.4 is 4.72 Å². The molecule has 4 atom stereocenters. The van der Waals surface area contributed by atoms with Crippen molar-refractivity contribution >= 4 is 16.0 Å². The van der Waals surface area contributed by atoms with E-state index in [1.54, 1.807) is 0 Å². The van der Waals surface area contributed by atoms with E-state index in [9.17, 15) is 13.2 Å². The van der Waals surface area contributed by atoms with Crippen molar-refractivity contribution in [1.82, 2.24) is 4.72 Å². The van der Waals surface area contributed by atoms with Crippen LogP contribution in [-0.4, -0.2) is 44.0 Å². The molecule has 0 aliphatic carbocycles. The molecule has 2 N–H and O–H groups in total. The van der Waals surface area contributed by atoms with Gasteiger partial charge >= 0.3 is 5.97 Å². The number of aliphatic carboxylic acids is 1. The summed E-state index contributed by atoms with van der Waals surface area (Å²) in [5.41, 5.74) is 0. The molecule has 2 fully saturated rings. The molecule has 2 aliphatic heterocycles. The van der Waals surface area contributed by atoms with E-state index in [-0.39, 0.29) is 18.3 Å². The summed E-state index contributed by atoms with van der Waals surface area (Å²) < 4.78 is 33.1. The first-order chi connectivity index (χ1) is 13.4.